The van der Waals surface area contributed by atoms with Crippen LogP contribution in [0, 0.1) is 11.3 Å². The summed E-state index contributed by atoms with van der Waals surface area (Å²) in [5.74, 6) is -0.0301. The lowest BCUT2D eigenvalue weighted by molar-refractivity contribution is -0.117. The fourth-order valence-corrected chi connectivity index (χ4v) is 2.70. The minimum Gasteiger partial charge on any atom is -0.325 e. The molecule has 1 aromatic carbocycles. The largest absolute Gasteiger partial charge is 0.325 e. The number of nitriles is 1. The summed E-state index contributed by atoms with van der Waals surface area (Å²) in [5, 5.41) is 15.1. The zero-order valence-electron chi connectivity index (χ0n) is 12.4. The first kappa shape index (κ1) is 15.5. The Morgan fingerprint density at radius 1 is 1.57 bits per heavy atom. The number of likely N-dealkylation sites (N-methyl/N-ethyl adjacent to an activating group) is 1. The van der Waals surface area contributed by atoms with Crippen molar-refractivity contribution in [3.8, 4) is 6.07 Å². The summed E-state index contributed by atoms with van der Waals surface area (Å²) in [6.07, 6.45) is 2.30. The number of nitrogens with one attached hydrogen (secondary N) is 2. The monoisotopic (exact) mass is 286 g/mol. The summed E-state index contributed by atoms with van der Waals surface area (Å²) in [5.41, 5.74) is 1.23. The molecule has 5 heteroatoms. The molecule has 21 heavy (non-hydrogen) atoms. The van der Waals surface area contributed by atoms with E-state index in [9.17, 15) is 4.79 Å². The number of nitrogens with zero attached hydrogens (tertiary/aromatic N) is 2. The molecule has 1 atom stereocenters. The summed E-state index contributed by atoms with van der Waals surface area (Å²) in [6, 6.07) is 9.50. The number of piperidine rings is 1. The molecule has 0 radical (unpaired) electrons. The maximum Gasteiger partial charge on any atom is 0.238 e. The molecule has 1 amide bonds. The molecule has 1 fully saturated rings. The summed E-state index contributed by atoms with van der Waals surface area (Å²) in [4.78, 5) is 14.4. The van der Waals surface area contributed by atoms with Gasteiger partial charge in [-0.1, -0.05) is 13.0 Å². The normalized spacial score (nSPS) is 18.2. The lowest BCUT2D eigenvalue weighted by Crippen LogP contribution is -2.48. The van der Waals surface area contributed by atoms with E-state index in [4.69, 9.17) is 5.26 Å². The first-order chi connectivity index (χ1) is 10.2. The number of hydrogen-bond acceptors (Lipinski definition) is 4. The van der Waals surface area contributed by atoms with E-state index in [1.807, 2.05) is 0 Å². The molecule has 0 spiro atoms. The van der Waals surface area contributed by atoms with Crippen LogP contribution in [0.25, 0.3) is 0 Å². The molecule has 1 unspecified atom stereocenters. The van der Waals surface area contributed by atoms with Gasteiger partial charge in [0, 0.05) is 18.3 Å². The van der Waals surface area contributed by atoms with E-state index in [0.29, 0.717) is 23.8 Å². The number of rotatable bonds is 5. The Hall–Kier alpha value is -1.90. The smallest absolute Gasteiger partial charge is 0.238 e. The highest BCUT2D eigenvalue weighted by Crippen LogP contribution is 2.12. The van der Waals surface area contributed by atoms with Crippen LogP contribution >= 0.6 is 0 Å². The maximum absolute atomic E-state index is 12.2. The molecule has 0 bridgehead atoms. The van der Waals surface area contributed by atoms with Gasteiger partial charge in [-0.15, -0.1) is 0 Å². The van der Waals surface area contributed by atoms with Crippen LogP contribution in [0.15, 0.2) is 24.3 Å². The summed E-state index contributed by atoms with van der Waals surface area (Å²) in [6.45, 7) is 5.35. The molecule has 5 nitrogen and oxygen atoms in total. The fraction of sp³-hybridized carbons (Fsp3) is 0.500. The number of benzene rings is 1. The average molecular weight is 286 g/mol. The molecular formula is C16H22N4O. The molecule has 0 saturated carbocycles. The first-order valence-electron chi connectivity index (χ1n) is 7.47. The van der Waals surface area contributed by atoms with Gasteiger partial charge in [0.2, 0.25) is 5.91 Å². The molecule has 0 aliphatic carbocycles. The molecule has 2 rings (SSSR count). The van der Waals surface area contributed by atoms with Gasteiger partial charge in [-0.2, -0.15) is 5.26 Å². The van der Waals surface area contributed by atoms with E-state index < -0.39 is 0 Å². The second-order valence-electron chi connectivity index (χ2n) is 5.30. The molecule has 1 aliphatic rings. The van der Waals surface area contributed by atoms with Gasteiger partial charge >= 0.3 is 0 Å². The van der Waals surface area contributed by atoms with Crippen molar-refractivity contribution >= 4 is 11.6 Å². The summed E-state index contributed by atoms with van der Waals surface area (Å²) >= 11 is 0. The van der Waals surface area contributed by atoms with E-state index in [0.717, 1.165) is 32.5 Å². The van der Waals surface area contributed by atoms with Crippen molar-refractivity contribution in [3.05, 3.63) is 29.8 Å². The number of carbonyl (C=O) groups is 1. The van der Waals surface area contributed by atoms with Gasteiger partial charge in [0.15, 0.2) is 0 Å². The molecule has 1 saturated heterocycles. The fourth-order valence-electron chi connectivity index (χ4n) is 2.70. The van der Waals surface area contributed by atoms with E-state index in [-0.39, 0.29) is 5.91 Å². The lowest BCUT2D eigenvalue weighted by atomic mass is 10.1. The van der Waals surface area contributed by atoms with E-state index >= 15 is 0 Å². The molecule has 1 aliphatic heterocycles. The van der Waals surface area contributed by atoms with Gasteiger partial charge in [0.05, 0.1) is 18.2 Å². The number of carbonyl (C=O) groups excluding carboxylic acids is 1. The van der Waals surface area contributed by atoms with Gasteiger partial charge < -0.3 is 10.6 Å². The zero-order valence-corrected chi connectivity index (χ0v) is 12.4. The van der Waals surface area contributed by atoms with Crippen molar-refractivity contribution in [2.24, 2.45) is 0 Å². The Morgan fingerprint density at radius 2 is 2.43 bits per heavy atom. The number of anilines is 1. The number of hydrogen-bond donors (Lipinski definition) is 2. The van der Waals surface area contributed by atoms with E-state index in [1.54, 1.807) is 24.3 Å². The van der Waals surface area contributed by atoms with Crippen LogP contribution in [0.4, 0.5) is 5.69 Å². The highest BCUT2D eigenvalue weighted by molar-refractivity contribution is 5.92. The van der Waals surface area contributed by atoms with E-state index in [1.165, 1.54) is 0 Å². The van der Waals surface area contributed by atoms with Crippen molar-refractivity contribution in [3.63, 3.8) is 0 Å². The van der Waals surface area contributed by atoms with Gasteiger partial charge in [0.1, 0.15) is 0 Å². The molecule has 0 aromatic heterocycles. The second-order valence-corrected chi connectivity index (χ2v) is 5.30. The van der Waals surface area contributed by atoms with Gasteiger partial charge in [-0.3, -0.25) is 9.69 Å². The van der Waals surface area contributed by atoms with Crippen molar-refractivity contribution in [1.82, 2.24) is 10.2 Å². The Labute approximate surface area is 125 Å². The summed E-state index contributed by atoms with van der Waals surface area (Å²) < 4.78 is 0. The summed E-state index contributed by atoms with van der Waals surface area (Å²) in [7, 11) is 0. The minimum atomic E-state index is -0.0301. The molecule has 1 heterocycles. The van der Waals surface area contributed by atoms with Crippen molar-refractivity contribution in [2.45, 2.75) is 25.8 Å². The molecular weight excluding hydrogens is 264 g/mol. The quantitative estimate of drug-likeness (QED) is 0.862. The predicted octanol–water partition coefficient (Wildman–Crippen LogP) is 1.57. The Morgan fingerprint density at radius 3 is 3.10 bits per heavy atom. The van der Waals surface area contributed by atoms with Gasteiger partial charge in [-0.05, 0) is 44.1 Å². The third-order valence-electron chi connectivity index (χ3n) is 3.82. The van der Waals surface area contributed by atoms with Crippen molar-refractivity contribution < 1.29 is 4.79 Å². The van der Waals surface area contributed by atoms with Crippen LogP contribution < -0.4 is 10.6 Å². The second kappa shape index (κ2) is 7.77. The van der Waals surface area contributed by atoms with Crippen molar-refractivity contribution in [1.29, 1.82) is 5.26 Å². The average Bonchev–Trinajstić information content (AvgIpc) is 2.53. The third kappa shape index (κ3) is 4.55. The van der Waals surface area contributed by atoms with Gasteiger partial charge in [-0.25, -0.2) is 0 Å². The lowest BCUT2D eigenvalue weighted by Gasteiger charge is -2.33. The Bertz CT molecular complexity index is 517. The first-order valence-corrected chi connectivity index (χ1v) is 7.47. The third-order valence-corrected chi connectivity index (χ3v) is 3.82. The van der Waals surface area contributed by atoms with Crippen LogP contribution in [0.2, 0.25) is 0 Å². The highest BCUT2D eigenvalue weighted by Gasteiger charge is 2.21. The highest BCUT2D eigenvalue weighted by atomic mass is 16.2. The molecule has 1 aromatic rings. The van der Waals surface area contributed by atoms with Crippen LogP contribution in [0.5, 0.6) is 0 Å². The molecule has 112 valence electrons. The van der Waals surface area contributed by atoms with Crippen molar-refractivity contribution in [2.75, 3.05) is 31.5 Å². The van der Waals surface area contributed by atoms with Crippen LogP contribution in [-0.4, -0.2) is 43.0 Å². The Kier molecular flexibility index (Phi) is 5.73. The molecule has 2 N–H and O–H groups in total. The topological polar surface area (TPSA) is 68.2 Å². The standard InChI is InChI=1S/C16H22N4O/c1-2-20(15-7-4-8-18-11-15)12-16(21)19-14-6-3-5-13(9-14)10-17/h3,5-6,9,15,18H,2,4,7-8,11-12H2,1H3,(H,19,21). The van der Waals surface area contributed by atoms with Gasteiger partial charge in [0.25, 0.3) is 0 Å². The van der Waals surface area contributed by atoms with E-state index in [2.05, 4.69) is 28.5 Å². The minimum absolute atomic E-state index is 0.0301. The predicted molar refractivity (Wildman–Crippen MR) is 82.9 cm³/mol. The maximum atomic E-state index is 12.2. The SMILES string of the molecule is CCN(CC(=O)Nc1cccc(C#N)c1)C1CCCNC1. The van der Waals surface area contributed by atoms with Crippen LogP contribution in [0.3, 0.4) is 0 Å². The van der Waals surface area contributed by atoms with Crippen LogP contribution in [-0.2, 0) is 4.79 Å². The zero-order chi connectivity index (χ0) is 15.1. The Balaban J connectivity index is 1.91. The van der Waals surface area contributed by atoms with Crippen LogP contribution in [0.1, 0.15) is 25.3 Å². The number of amides is 1.